The van der Waals surface area contributed by atoms with Crippen molar-refractivity contribution in [1.29, 1.82) is 0 Å². The number of sulfonamides is 1. The van der Waals surface area contributed by atoms with Crippen LogP contribution in [-0.4, -0.2) is 25.5 Å². The minimum atomic E-state index is -4.54. The summed E-state index contributed by atoms with van der Waals surface area (Å²) < 4.78 is 69.3. The van der Waals surface area contributed by atoms with Gasteiger partial charge in [0.15, 0.2) is 5.75 Å². The van der Waals surface area contributed by atoms with Crippen molar-refractivity contribution in [3.05, 3.63) is 41.7 Å². The molecular weight excluding hydrogens is 335 g/mol. The van der Waals surface area contributed by atoms with Crippen LogP contribution in [0.15, 0.2) is 35.5 Å². The molecule has 1 N–H and O–H groups in total. The number of rotatable bonds is 4. The zero-order valence-corrected chi connectivity index (χ0v) is 12.9. The Labute approximate surface area is 130 Å². The maximum Gasteiger partial charge on any atom is 0.416 e. The van der Waals surface area contributed by atoms with Gasteiger partial charge in [0, 0.05) is 0 Å². The van der Waals surface area contributed by atoms with E-state index in [9.17, 15) is 21.6 Å². The number of anilines is 1. The number of hydrogen-bond acceptors (Lipinski definition) is 5. The van der Waals surface area contributed by atoms with E-state index in [0.717, 1.165) is 12.1 Å². The number of aryl methyl sites for hydroxylation is 1. The Kier molecular flexibility index (Phi) is 4.46. The van der Waals surface area contributed by atoms with Gasteiger partial charge in [-0.3, -0.25) is 0 Å². The van der Waals surface area contributed by atoms with Gasteiger partial charge in [-0.1, -0.05) is 0 Å². The summed E-state index contributed by atoms with van der Waals surface area (Å²) in [5, 5.41) is 0. The number of ether oxygens (including phenoxy) is 1. The molecule has 1 aromatic carbocycles. The van der Waals surface area contributed by atoms with Crippen LogP contribution >= 0.6 is 0 Å². The number of benzene rings is 1. The molecule has 23 heavy (non-hydrogen) atoms. The molecular formula is C13H12F3N3O3S. The third-order valence-electron chi connectivity index (χ3n) is 2.88. The highest BCUT2D eigenvalue weighted by atomic mass is 32.2. The van der Waals surface area contributed by atoms with Crippen LogP contribution in [0.2, 0.25) is 0 Å². The first kappa shape index (κ1) is 17.0. The van der Waals surface area contributed by atoms with Gasteiger partial charge in [0.2, 0.25) is 5.95 Å². The van der Waals surface area contributed by atoms with Crippen molar-refractivity contribution in [2.24, 2.45) is 0 Å². The number of methoxy groups -OCH3 is 1. The highest BCUT2D eigenvalue weighted by Crippen LogP contribution is 2.31. The first-order valence-corrected chi connectivity index (χ1v) is 7.68. The maximum atomic E-state index is 12.6. The van der Waals surface area contributed by atoms with Crippen LogP contribution in [0.5, 0.6) is 5.75 Å². The molecule has 0 unspecified atom stereocenters. The second kappa shape index (κ2) is 6.03. The summed E-state index contributed by atoms with van der Waals surface area (Å²) in [5.74, 6) is 0.115. The first-order chi connectivity index (χ1) is 10.6. The van der Waals surface area contributed by atoms with E-state index in [2.05, 4.69) is 14.7 Å². The van der Waals surface area contributed by atoms with E-state index in [0.29, 0.717) is 11.8 Å². The summed E-state index contributed by atoms with van der Waals surface area (Å²) in [4.78, 5) is 7.19. The van der Waals surface area contributed by atoms with Crippen LogP contribution in [0.25, 0.3) is 0 Å². The third-order valence-corrected chi connectivity index (χ3v) is 4.37. The van der Waals surface area contributed by atoms with E-state index in [1.807, 2.05) is 0 Å². The molecule has 0 atom stereocenters. The molecule has 0 radical (unpaired) electrons. The summed E-state index contributed by atoms with van der Waals surface area (Å²) in [6.45, 7) is 1.28. The minimum absolute atomic E-state index is 0.0409. The smallest absolute Gasteiger partial charge is 0.416 e. The van der Waals surface area contributed by atoms with Crippen molar-refractivity contribution in [1.82, 2.24) is 9.97 Å². The monoisotopic (exact) mass is 347 g/mol. The van der Waals surface area contributed by atoms with Crippen molar-refractivity contribution >= 4 is 16.0 Å². The molecule has 0 fully saturated rings. The van der Waals surface area contributed by atoms with Gasteiger partial charge in [-0.25, -0.2) is 23.1 Å². The minimum Gasteiger partial charge on any atom is -0.494 e. The lowest BCUT2D eigenvalue weighted by Crippen LogP contribution is -2.17. The molecule has 0 bridgehead atoms. The van der Waals surface area contributed by atoms with Gasteiger partial charge in [-0.05, 0) is 30.7 Å². The van der Waals surface area contributed by atoms with Crippen molar-refractivity contribution in [3.63, 3.8) is 0 Å². The lowest BCUT2D eigenvalue weighted by Gasteiger charge is -2.12. The quantitative estimate of drug-likeness (QED) is 0.919. The summed E-state index contributed by atoms with van der Waals surface area (Å²) in [7, 11) is -2.71. The molecule has 0 amide bonds. The summed E-state index contributed by atoms with van der Waals surface area (Å²) >= 11 is 0. The SMILES string of the molecule is COc1cnc(NS(=O)(=O)c2ccc(C(F)(F)F)cc2C)nc1. The lowest BCUT2D eigenvalue weighted by molar-refractivity contribution is -0.137. The van der Waals surface area contributed by atoms with E-state index in [-0.39, 0.29) is 16.4 Å². The summed E-state index contributed by atoms with van der Waals surface area (Å²) in [6.07, 6.45) is -2.03. The molecule has 0 aliphatic carbocycles. The van der Waals surface area contributed by atoms with Crippen molar-refractivity contribution in [3.8, 4) is 5.75 Å². The van der Waals surface area contributed by atoms with Crippen LogP contribution in [0.3, 0.4) is 0 Å². The molecule has 0 saturated heterocycles. The van der Waals surface area contributed by atoms with Crippen LogP contribution < -0.4 is 9.46 Å². The fourth-order valence-corrected chi connectivity index (χ4v) is 2.96. The maximum absolute atomic E-state index is 12.6. The van der Waals surface area contributed by atoms with Gasteiger partial charge in [0.25, 0.3) is 10.0 Å². The third kappa shape index (κ3) is 3.89. The molecule has 0 saturated carbocycles. The van der Waals surface area contributed by atoms with Crippen LogP contribution in [0.4, 0.5) is 19.1 Å². The van der Waals surface area contributed by atoms with E-state index in [1.165, 1.54) is 26.4 Å². The summed E-state index contributed by atoms with van der Waals surface area (Å²) in [6, 6.07) is 2.36. The zero-order chi connectivity index (χ0) is 17.3. The van der Waals surface area contributed by atoms with Gasteiger partial charge in [0.05, 0.1) is 30.0 Å². The Morgan fingerprint density at radius 1 is 1.17 bits per heavy atom. The van der Waals surface area contributed by atoms with Crippen molar-refractivity contribution < 1.29 is 26.3 Å². The Balaban J connectivity index is 2.32. The molecule has 1 heterocycles. The Bertz CT molecular complexity index is 805. The number of nitrogens with zero attached hydrogens (tertiary/aromatic N) is 2. The molecule has 1 aromatic heterocycles. The number of nitrogens with one attached hydrogen (secondary N) is 1. The Morgan fingerprint density at radius 3 is 2.26 bits per heavy atom. The molecule has 0 spiro atoms. The number of hydrogen-bond donors (Lipinski definition) is 1. The highest BCUT2D eigenvalue weighted by Gasteiger charge is 2.31. The molecule has 0 aliphatic heterocycles. The van der Waals surface area contributed by atoms with E-state index in [1.54, 1.807) is 0 Å². The van der Waals surface area contributed by atoms with Crippen molar-refractivity contribution in [2.75, 3.05) is 11.8 Å². The average molecular weight is 347 g/mol. The fraction of sp³-hybridized carbons (Fsp3) is 0.231. The highest BCUT2D eigenvalue weighted by molar-refractivity contribution is 7.92. The molecule has 2 aromatic rings. The molecule has 0 aliphatic rings. The topological polar surface area (TPSA) is 81.2 Å². The normalized spacial score (nSPS) is 12.0. The number of halogens is 3. The van der Waals surface area contributed by atoms with Crippen LogP contribution in [0, 0.1) is 6.92 Å². The van der Waals surface area contributed by atoms with Crippen LogP contribution in [0.1, 0.15) is 11.1 Å². The van der Waals surface area contributed by atoms with Gasteiger partial charge >= 0.3 is 6.18 Å². The van der Waals surface area contributed by atoms with Gasteiger partial charge in [0.1, 0.15) is 0 Å². The molecule has 124 valence electrons. The second-order valence-electron chi connectivity index (χ2n) is 4.53. The lowest BCUT2D eigenvalue weighted by atomic mass is 10.1. The van der Waals surface area contributed by atoms with E-state index >= 15 is 0 Å². The molecule has 6 nitrogen and oxygen atoms in total. The standard InChI is InChI=1S/C13H12F3N3O3S/c1-8-5-9(13(14,15)16)3-4-11(8)23(20,21)19-12-17-6-10(22-2)7-18-12/h3-7H,1-2H3,(H,17,18,19). The Hall–Kier alpha value is -2.36. The van der Waals surface area contributed by atoms with Crippen LogP contribution in [-0.2, 0) is 16.2 Å². The molecule has 2 rings (SSSR count). The predicted octanol–water partition coefficient (Wildman–Crippen LogP) is 2.61. The number of alkyl halides is 3. The molecule has 10 heteroatoms. The summed E-state index contributed by atoms with van der Waals surface area (Å²) in [5.41, 5.74) is -0.963. The fourth-order valence-electron chi connectivity index (χ4n) is 1.78. The van der Waals surface area contributed by atoms with E-state index in [4.69, 9.17) is 4.74 Å². The van der Waals surface area contributed by atoms with Gasteiger partial charge in [-0.2, -0.15) is 13.2 Å². The average Bonchev–Trinajstić information content (AvgIpc) is 2.46. The Morgan fingerprint density at radius 2 is 1.78 bits per heavy atom. The van der Waals surface area contributed by atoms with Crippen molar-refractivity contribution in [2.45, 2.75) is 18.0 Å². The van der Waals surface area contributed by atoms with Gasteiger partial charge in [-0.15, -0.1) is 0 Å². The number of aromatic nitrogens is 2. The second-order valence-corrected chi connectivity index (χ2v) is 6.18. The largest absolute Gasteiger partial charge is 0.494 e. The van der Waals surface area contributed by atoms with E-state index < -0.39 is 21.8 Å². The first-order valence-electron chi connectivity index (χ1n) is 6.20. The zero-order valence-electron chi connectivity index (χ0n) is 12.0. The van der Waals surface area contributed by atoms with Gasteiger partial charge < -0.3 is 4.74 Å². The predicted molar refractivity (Wildman–Crippen MR) is 75.6 cm³/mol.